The van der Waals surface area contributed by atoms with E-state index in [4.69, 9.17) is 9.73 Å². The highest BCUT2D eigenvalue weighted by Crippen LogP contribution is 2.41. The maximum Gasteiger partial charge on any atom is 0.315 e. The van der Waals surface area contributed by atoms with Crippen molar-refractivity contribution >= 4 is 34.2 Å². The van der Waals surface area contributed by atoms with Gasteiger partial charge in [0.15, 0.2) is 17.1 Å². The first-order valence-corrected chi connectivity index (χ1v) is 12.1. The molecule has 1 atom stereocenters. The number of amidine groups is 1. The second-order valence-electron chi connectivity index (χ2n) is 7.70. The molecular formula is C23H25N5O5S. The number of hydrogen-bond donors (Lipinski definition) is 2. The molecule has 0 spiro atoms. The third kappa shape index (κ3) is 4.56. The van der Waals surface area contributed by atoms with Gasteiger partial charge in [0, 0.05) is 22.6 Å². The van der Waals surface area contributed by atoms with Crippen molar-refractivity contribution in [1.82, 2.24) is 10.3 Å². The molecule has 34 heavy (non-hydrogen) atoms. The molecule has 2 heterocycles. The summed E-state index contributed by atoms with van der Waals surface area (Å²) in [6, 6.07) is 9.92. The van der Waals surface area contributed by atoms with Crippen molar-refractivity contribution in [3.63, 3.8) is 0 Å². The van der Waals surface area contributed by atoms with E-state index < -0.39 is 22.5 Å². The van der Waals surface area contributed by atoms with Gasteiger partial charge >= 0.3 is 5.69 Å². The Hall–Kier alpha value is -3.60. The van der Waals surface area contributed by atoms with Crippen LogP contribution in [-0.4, -0.2) is 38.5 Å². The Morgan fingerprint density at radius 3 is 2.79 bits per heavy atom. The van der Waals surface area contributed by atoms with E-state index in [9.17, 15) is 20.0 Å². The molecule has 178 valence electrons. The number of nitro groups is 1. The Morgan fingerprint density at radius 1 is 1.26 bits per heavy atom. The average Bonchev–Trinajstić information content (AvgIpc) is 2.82. The largest absolute Gasteiger partial charge is 0.500 e. The predicted molar refractivity (Wildman–Crippen MR) is 129 cm³/mol. The third-order valence-corrected chi connectivity index (χ3v) is 6.32. The van der Waals surface area contributed by atoms with E-state index in [-0.39, 0.29) is 18.3 Å². The molecule has 0 aromatic heterocycles. The molecule has 0 saturated carbocycles. The van der Waals surface area contributed by atoms with Crippen LogP contribution in [0.15, 0.2) is 46.5 Å². The van der Waals surface area contributed by atoms with E-state index in [1.165, 1.54) is 28.9 Å². The number of phenolic OH excluding ortho intramolecular Hbond substituents is 1. The molecule has 1 unspecified atom stereocenters. The van der Waals surface area contributed by atoms with Crippen LogP contribution in [-0.2, 0) is 4.79 Å². The maximum atomic E-state index is 13.2. The Morgan fingerprint density at radius 2 is 2.06 bits per heavy atom. The lowest BCUT2D eigenvalue weighted by molar-refractivity contribution is -0.386. The van der Waals surface area contributed by atoms with Gasteiger partial charge in [-0.25, -0.2) is 5.01 Å². The maximum absolute atomic E-state index is 13.2. The van der Waals surface area contributed by atoms with Crippen LogP contribution in [0.25, 0.3) is 5.70 Å². The standard InChI is InChI=1S/C23H25N5O5S/c1-3-5-8-11-34-23-25-22(30)19-15-9-6-7-10-16(15)24-21(27(19)26-23)14-12-17(28(31)32)20(29)18(13-14)33-4-2/h6-7,9-10,12-13,21,29H,3-5,8,11H2,1-2H3,(H,25,26,30). The van der Waals surface area contributed by atoms with E-state index in [2.05, 4.69) is 17.3 Å². The van der Waals surface area contributed by atoms with Crippen LogP contribution < -0.4 is 20.6 Å². The first kappa shape index (κ1) is 23.6. The summed E-state index contributed by atoms with van der Waals surface area (Å²) < 4.78 is 5.44. The number of carbonyl (C=O) groups is 1. The Balaban J connectivity index is 1.85. The van der Waals surface area contributed by atoms with E-state index in [1.807, 2.05) is 6.07 Å². The van der Waals surface area contributed by atoms with Crippen molar-refractivity contribution in [3.8, 4) is 11.5 Å². The fourth-order valence-corrected chi connectivity index (χ4v) is 4.65. The van der Waals surface area contributed by atoms with Crippen molar-refractivity contribution in [2.45, 2.75) is 39.3 Å². The Bertz CT molecular complexity index is 1280. The molecule has 10 nitrogen and oxygen atoms in total. The molecule has 11 heteroatoms. The highest BCUT2D eigenvalue weighted by molar-refractivity contribution is 8.13. The summed E-state index contributed by atoms with van der Waals surface area (Å²) in [5.74, 6) is -0.100. The van der Waals surface area contributed by atoms with Crippen LogP contribution in [0.3, 0.4) is 0 Å². The SMILES string of the molecule is CCCCCSC1=NN2C(=c3ccccc3=NC2c2cc(OCC)c(O)c([N+](=O)[O-])c2)C(=O)N1. The van der Waals surface area contributed by atoms with Gasteiger partial charge in [0.25, 0.3) is 5.91 Å². The Kier molecular flexibility index (Phi) is 7.01. The van der Waals surface area contributed by atoms with Gasteiger partial charge in [-0.3, -0.25) is 25.2 Å². The Labute approximate surface area is 200 Å². The van der Waals surface area contributed by atoms with Crippen molar-refractivity contribution in [1.29, 1.82) is 0 Å². The molecule has 2 aliphatic heterocycles. The van der Waals surface area contributed by atoms with Gasteiger partial charge in [-0.2, -0.15) is 0 Å². The van der Waals surface area contributed by atoms with Crippen LogP contribution in [0, 0.1) is 10.1 Å². The van der Waals surface area contributed by atoms with Gasteiger partial charge in [0.05, 0.1) is 16.9 Å². The molecule has 2 N–H and O–H groups in total. The van der Waals surface area contributed by atoms with E-state index >= 15 is 0 Å². The number of phenols is 1. The molecule has 0 saturated heterocycles. The number of nitro benzene ring substituents is 1. The summed E-state index contributed by atoms with van der Waals surface area (Å²) in [7, 11) is 0. The monoisotopic (exact) mass is 483 g/mol. The zero-order valence-electron chi connectivity index (χ0n) is 18.9. The number of fused-ring (bicyclic) bond motifs is 2. The van der Waals surface area contributed by atoms with Crippen LogP contribution in [0.2, 0.25) is 0 Å². The second-order valence-corrected chi connectivity index (χ2v) is 8.79. The molecule has 4 rings (SSSR count). The number of para-hydroxylation sites is 1. The lowest BCUT2D eigenvalue weighted by Crippen LogP contribution is -2.50. The number of ether oxygens (including phenoxy) is 1. The third-order valence-electron chi connectivity index (χ3n) is 5.37. The molecule has 0 fully saturated rings. The number of benzene rings is 2. The second kappa shape index (κ2) is 10.1. The smallest absolute Gasteiger partial charge is 0.315 e. The lowest BCUT2D eigenvalue weighted by Gasteiger charge is -2.34. The summed E-state index contributed by atoms with van der Waals surface area (Å²) in [4.78, 5) is 28.9. The van der Waals surface area contributed by atoms with E-state index in [0.29, 0.717) is 27.0 Å². The van der Waals surface area contributed by atoms with Crippen LogP contribution >= 0.6 is 11.8 Å². The molecule has 1 amide bonds. The number of aromatic hydroxyl groups is 1. The minimum Gasteiger partial charge on any atom is -0.500 e. The van der Waals surface area contributed by atoms with Crippen molar-refractivity contribution in [3.05, 3.63) is 62.7 Å². The number of carbonyl (C=O) groups excluding carboxylic acids is 1. The van der Waals surface area contributed by atoms with Gasteiger partial charge in [-0.1, -0.05) is 49.7 Å². The summed E-state index contributed by atoms with van der Waals surface area (Å²) in [6.45, 7) is 4.04. The molecule has 2 aliphatic rings. The number of nitrogens with zero attached hydrogens (tertiary/aromatic N) is 4. The average molecular weight is 484 g/mol. The fraction of sp³-hybridized carbons (Fsp3) is 0.348. The quantitative estimate of drug-likeness (QED) is 0.335. The van der Waals surface area contributed by atoms with E-state index in [0.717, 1.165) is 25.0 Å². The van der Waals surface area contributed by atoms with Gasteiger partial charge in [0.2, 0.25) is 5.75 Å². The van der Waals surface area contributed by atoms with Crippen molar-refractivity contribution < 1.29 is 19.6 Å². The summed E-state index contributed by atoms with van der Waals surface area (Å²) in [5.41, 5.74) is 0.173. The van der Waals surface area contributed by atoms with Gasteiger partial charge in [0.1, 0.15) is 5.70 Å². The van der Waals surface area contributed by atoms with Crippen LogP contribution in [0.4, 0.5) is 5.69 Å². The number of unbranched alkanes of at least 4 members (excludes halogenated alkanes) is 2. The predicted octanol–water partition coefficient (Wildman–Crippen LogP) is 2.77. The van der Waals surface area contributed by atoms with Crippen molar-refractivity contribution in [2.24, 2.45) is 10.1 Å². The van der Waals surface area contributed by atoms with Gasteiger partial charge in [-0.05, 0) is 25.5 Å². The minimum absolute atomic E-state index is 0.0260. The number of rotatable bonds is 8. The number of amides is 1. The molecular weight excluding hydrogens is 458 g/mol. The molecule has 0 aliphatic carbocycles. The highest BCUT2D eigenvalue weighted by atomic mass is 32.2. The number of hydrogen-bond acceptors (Lipinski definition) is 9. The molecule has 0 bridgehead atoms. The molecule has 2 aromatic rings. The molecule has 2 aromatic carbocycles. The first-order valence-electron chi connectivity index (χ1n) is 11.1. The molecule has 0 radical (unpaired) electrons. The summed E-state index contributed by atoms with van der Waals surface area (Å²) in [5, 5.41) is 32.6. The van der Waals surface area contributed by atoms with Gasteiger partial charge < -0.3 is 9.84 Å². The summed E-state index contributed by atoms with van der Waals surface area (Å²) >= 11 is 1.45. The van der Waals surface area contributed by atoms with E-state index in [1.54, 1.807) is 25.1 Å². The summed E-state index contributed by atoms with van der Waals surface area (Å²) in [6.07, 6.45) is 2.30. The first-order chi connectivity index (χ1) is 16.4. The minimum atomic E-state index is -0.860. The normalized spacial score (nSPS) is 16.7. The van der Waals surface area contributed by atoms with Crippen LogP contribution in [0.1, 0.15) is 44.8 Å². The fourth-order valence-electron chi connectivity index (χ4n) is 3.80. The zero-order valence-corrected chi connectivity index (χ0v) is 19.7. The van der Waals surface area contributed by atoms with Crippen molar-refractivity contribution in [2.75, 3.05) is 12.4 Å². The number of nitrogens with one attached hydrogen (secondary N) is 1. The highest BCUT2D eigenvalue weighted by Gasteiger charge is 2.36. The topological polar surface area (TPSA) is 130 Å². The number of hydrazone groups is 1. The number of thioether (sulfide) groups is 1. The zero-order chi connectivity index (χ0) is 24.2. The lowest BCUT2D eigenvalue weighted by atomic mass is 10.1. The van der Waals surface area contributed by atoms with Crippen LogP contribution in [0.5, 0.6) is 11.5 Å². The van der Waals surface area contributed by atoms with Gasteiger partial charge in [-0.15, -0.1) is 5.10 Å².